The average Bonchev–Trinajstić information content (AvgIpc) is 2.39. The second-order valence-corrected chi connectivity index (χ2v) is 4.11. The number of aliphatic imine (C=N–C) groups is 1. The van der Waals surface area contributed by atoms with Gasteiger partial charge in [-0.25, -0.2) is 4.79 Å². The molecule has 8 N–H and O–H groups in total. The number of carbonyl (C=O) groups is 1. The minimum absolute atomic E-state index is 0.0129. The number of nitrogens with one attached hydrogen (secondary N) is 1. The Balaban J connectivity index is 0.000000394. The van der Waals surface area contributed by atoms with Crippen molar-refractivity contribution in [3.05, 3.63) is 33.1 Å². The fourth-order valence-electron chi connectivity index (χ4n) is 1.13. The van der Waals surface area contributed by atoms with Crippen molar-refractivity contribution in [1.82, 2.24) is 9.55 Å². The lowest BCUT2D eigenvalue weighted by Gasteiger charge is -2.03. The minimum Gasteiger partial charge on any atom is -0.480 e. The number of aromatic nitrogens is 2. The lowest BCUT2D eigenvalue weighted by molar-refractivity contribution is -0.138. The van der Waals surface area contributed by atoms with Crippen molar-refractivity contribution in [2.75, 3.05) is 6.54 Å². The van der Waals surface area contributed by atoms with Crippen LogP contribution in [-0.4, -0.2) is 39.2 Å². The van der Waals surface area contributed by atoms with Gasteiger partial charge in [0.05, 0.1) is 0 Å². The summed E-state index contributed by atoms with van der Waals surface area (Å²) in [6.07, 6.45) is 2.37. The van der Waals surface area contributed by atoms with Gasteiger partial charge in [-0.15, -0.1) is 0 Å². The number of carboxylic acid groups (broad SMARTS) is 1. The maximum Gasteiger partial charge on any atom is 0.328 e. The number of rotatable bonds is 5. The average molecular weight is 300 g/mol. The summed E-state index contributed by atoms with van der Waals surface area (Å²) in [5.41, 5.74) is 14.6. The molecule has 10 nitrogen and oxygen atoms in total. The van der Waals surface area contributed by atoms with Crippen LogP contribution < -0.4 is 28.5 Å². The number of H-pyrrole nitrogens is 1. The fourth-order valence-corrected chi connectivity index (χ4v) is 1.13. The maximum absolute atomic E-state index is 10.5. The molecule has 0 aromatic carbocycles. The van der Waals surface area contributed by atoms with Crippen LogP contribution in [0.25, 0.3) is 0 Å². The Kier molecular flexibility index (Phi) is 8.15. The van der Waals surface area contributed by atoms with E-state index >= 15 is 0 Å². The Hall–Kier alpha value is -2.62. The monoisotopic (exact) mass is 300 g/mol. The summed E-state index contributed by atoms with van der Waals surface area (Å²) in [4.78, 5) is 36.9. The van der Waals surface area contributed by atoms with Crippen LogP contribution in [0.1, 0.15) is 12.8 Å². The van der Waals surface area contributed by atoms with E-state index in [4.69, 9.17) is 22.3 Å². The first-order chi connectivity index (χ1) is 9.73. The molecule has 1 unspecified atom stereocenters. The first-order valence-electron chi connectivity index (χ1n) is 6.03. The van der Waals surface area contributed by atoms with Gasteiger partial charge in [-0.1, -0.05) is 0 Å². The van der Waals surface area contributed by atoms with Crippen molar-refractivity contribution in [3.63, 3.8) is 0 Å². The smallest absolute Gasteiger partial charge is 0.328 e. The minimum atomic E-state index is -1.00. The molecule has 0 amide bonds. The zero-order valence-corrected chi connectivity index (χ0v) is 11.7. The number of guanidine groups is 1. The van der Waals surface area contributed by atoms with Gasteiger partial charge >= 0.3 is 11.7 Å². The standard InChI is InChI=1S/C6H14N4O2.C5H6N2O2/c7-4(5(11)12)2-1-3-10-6(8)9;1-7-3-2-4(8)6-5(7)9/h4H,1-3,7H2,(H,11,12)(H4,8,9,10);2-3H,1H3,(H,6,8,9). The van der Waals surface area contributed by atoms with E-state index in [0.29, 0.717) is 19.4 Å². The van der Waals surface area contributed by atoms with Crippen molar-refractivity contribution < 1.29 is 9.90 Å². The molecule has 1 aromatic rings. The van der Waals surface area contributed by atoms with E-state index in [0.717, 1.165) is 0 Å². The van der Waals surface area contributed by atoms with Gasteiger partial charge in [-0.05, 0) is 12.8 Å². The van der Waals surface area contributed by atoms with Crippen LogP contribution in [0.2, 0.25) is 0 Å². The highest BCUT2D eigenvalue weighted by Gasteiger charge is 2.09. The molecule has 0 bridgehead atoms. The van der Waals surface area contributed by atoms with Crippen LogP contribution >= 0.6 is 0 Å². The zero-order valence-electron chi connectivity index (χ0n) is 11.7. The summed E-state index contributed by atoms with van der Waals surface area (Å²) >= 11 is 0. The quantitative estimate of drug-likeness (QED) is 0.226. The molecule has 0 aliphatic carbocycles. The molecule has 1 heterocycles. The normalized spacial score (nSPS) is 11.0. The molecule has 10 heteroatoms. The number of aryl methyl sites for hydroxylation is 1. The molecular weight excluding hydrogens is 280 g/mol. The molecule has 21 heavy (non-hydrogen) atoms. The highest BCUT2D eigenvalue weighted by molar-refractivity contribution is 5.75. The topological polar surface area (TPSA) is 183 Å². The van der Waals surface area contributed by atoms with Gasteiger partial charge in [0.1, 0.15) is 6.04 Å². The third-order valence-corrected chi connectivity index (χ3v) is 2.28. The largest absolute Gasteiger partial charge is 0.480 e. The summed E-state index contributed by atoms with van der Waals surface area (Å²) in [7, 11) is 1.57. The number of hydrogen-bond donors (Lipinski definition) is 5. The first-order valence-corrected chi connectivity index (χ1v) is 6.03. The van der Waals surface area contributed by atoms with Crippen LogP contribution in [0, 0.1) is 0 Å². The van der Waals surface area contributed by atoms with Gasteiger partial charge in [-0.3, -0.25) is 19.6 Å². The number of aromatic amines is 1. The van der Waals surface area contributed by atoms with Crippen LogP contribution in [0.4, 0.5) is 0 Å². The van der Waals surface area contributed by atoms with E-state index in [1.54, 1.807) is 7.05 Å². The van der Waals surface area contributed by atoms with Crippen molar-refractivity contribution >= 4 is 11.9 Å². The van der Waals surface area contributed by atoms with Crippen LogP contribution in [-0.2, 0) is 11.8 Å². The maximum atomic E-state index is 10.5. The molecule has 0 aliphatic heterocycles. The Bertz CT molecular complexity index is 587. The van der Waals surface area contributed by atoms with Gasteiger partial charge in [0.25, 0.3) is 5.56 Å². The van der Waals surface area contributed by atoms with Crippen molar-refractivity contribution in [2.45, 2.75) is 18.9 Å². The highest BCUT2D eigenvalue weighted by Crippen LogP contribution is 1.94. The van der Waals surface area contributed by atoms with E-state index in [1.165, 1.54) is 16.8 Å². The highest BCUT2D eigenvalue weighted by atomic mass is 16.4. The third-order valence-electron chi connectivity index (χ3n) is 2.28. The number of nitrogens with two attached hydrogens (primary N) is 3. The van der Waals surface area contributed by atoms with E-state index < -0.39 is 12.0 Å². The Morgan fingerprint density at radius 1 is 1.48 bits per heavy atom. The fraction of sp³-hybridized carbons (Fsp3) is 0.455. The molecule has 0 saturated carbocycles. The van der Waals surface area contributed by atoms with Crippen LogP contribution in [0.5, 0.6) is 0 Å². The van der Waals surface area contributed by atoms with Crippen LogP contribution in [0.3, 0.4) is 0 Å². The van der Waals surface area contributed by atoms with Gasteiger partial charge in [-0.2, -0.15) is 0 Å². The Labute approximate surface area is 120 Å². The van der Waals surface area contributed by atoms with Gasteiger partial charge in [0.2, 0.25) is 0 Å². The van der Waals surface area contributed by atoms with E-state index in [-0.39, 0.29) is 17.2 Å². The van der Waals surface area contributed by atoms with Gasteiger partial charge in [0.15, 0.2) is 5.96 Å². The van der Waals surface area contributed by atoms with Crippen molar-refractivity contribution in [2.24, 2.45) is 29.2 Å². The Morgan fingerprint density at radius 3 is 2.52 bits per heavy atom. The molecule has 1 rings (SSSR count). The molecular formula is C11H20N6O4. The number of nitrogens with zero attached hydrogens (tertiary/aromatic N) is 2. The van der Waals surface area contributed by atoms with Gasteiger partial charge in [0, 0.05) is 25.9 Å². The van der Waals surface area contributed by atoms with Crippen molar-refractivity contribution in [1.29, 1.82) is 0 Å². The molecule has 0 spiro atoms. The number of carboxylic acids is 1. The zero-order chi connectivity index (χ0) is 16.4. The Morgan fingerprint density at radius 2 is 2.10 bits per heavy atom. The molecule has 0 aliphatic rings. The van der Waals surface area contributed by atoms with Crippen LogP contribution in [0.15, 0.2) is 26.8 Å². The summed E-state index contributed by atoms with van der Waals surface area (Å²) < 4.78 is 1.29. The molecule has 0 fully saturated rings. The molecule has 1 aromatic heterocycles. The lowest BCUT2D eigenvalue weighted by atomic mass is 10.2. The predicted molar refractivity (Wildman–Crippen MR) is 77.8 cm³/mol. The number of hydrogen-bond acceptors (Lipinski definition) is 5. The molecule has 0 saturated heterocycles. The SMILES string of the molecule is Cn1ccc(=O)[nH]c1=O.NC(N)=NCCCC(N)C(=O)O. The second kappa shape index (κ2) is 9.31. The predicted octanol–water partition coefficient (Wildman–Crippen LogP) is -2.47. The summed E-state index contributed by atoms with van der Waals surface area (Å²) in [6, 6.07) is 0.473. The molecule has 1 atom stereocenters. The van der Waals surface area contributed by atoms with Gasteiger partial charge < -0.3 is 26.9 Å². The van der Waals surface area contributed by atoms with Crippen molar-refractivity contribution in [3.8, 4) is 0 Å². The summed E-state index contributed by atoms with van der Waals surface area (Å²) in [5, 5.41) is 8.38. The first kappa shape index (κ1) is 18.4. The second-order valence-electron chi connectivity index (χ2n) is 4.11. The lowest BCUT2D eigenvalue weighted by Crippen LogP contribution is -2.30. The molecule has 118 valence electrons. The molecule has 0 radical (unpaired) electrons. The summed E-state index contributed by atoms with van der Waals surface area (Å²) in [6.45, 7) is 0.420. The third kappa shape index (κ3) is 8.99. The van der Waals surface area contributed by atoms with E-state index in [9.17, 15) is 14.4 Å². The van der Waals surface area contributed by atoms with E-state index in [2.05, 4.69) is 9.98 Å². The summed E-state index contributed by atoms with van der Waals surface area (Å²) in [5.74, 6) is -0.987. The van der Waals surface area contributed by atoms with E-state index in [1.807, 2.05) is 0 Å². The number of aliphatic carboxylic acids is 1.